The van der Waals surface area contributed by atoms with Gasteiger partial charge in [-0.05, 0) is 50.6 Å². The highest BCUT2D eigenvalue weighted by Crippen LogP contribution is 2.25. The van der Waals surface area contributed by atoms with Crippen molar-refractivity contribution in [2.45, 2.75) is 33.7 Å². The number of aromatic nitrogens is 2. The molecule has 134 valence electrons. The summed E-state index contributed by atoms with van der Waals surface area (Å²) in [4.78, 5) is 42.1. The Hall–Kier alpha value is -2.80. The number of hydrogen-bond acceptors (Lipinski definition) is 5. The van der Waals surface area contributed by atoms with Gasteiger partial charge in [-0.25, -0.2) is 4.98 Å². The summed E-state index contributed by atoms with van der Waals surface area (Å²) in [5, 5.41) is 3.40. The van der Waals surface area contributed by atoms with Gasteiger partial charge in [0.15, 0.2) is 5.78 Å². The lowest BCUT2D eigenvalue weighted by Crippen LogP contribution is -2.23. The number of hydrogen-bond donors (Lipinski definition) is 1. The lowest BCUT2D eigenvalue weighted by Gasteiger charge is -2.07. The largest absolute Gasteiger partial charge is 0.326 e. The van der Waals surface area contributed by atoms with Gasteiger partial charge in [0, 0.05) is 29.1 Å². The van der Waals surface area contributed by atoms with Gasteiger partial charge in [0.05, 0.1) is 11.7 Å². The van der Waals surface area contributed by atoms with E-state index in [4.69, 9.17) is 0 Å². The Bertz CT molecular complexity index is 1050. The number of ketones is 1. The lowest BCUT2D eigenvalue weighted by molar-refractivity contribution is -0.116. The number of carbonyl (C=O) groups is 2. The fourth-order valence-corrected chi connectivity index (χ4v) is 3.65. The van der Waals surface area contributed by atoms with Crippen molar-refractivity contribution in [2.24, 2.45) is 0 Å². The summed E-state index contributed by atoms with van der Waals surface area (Å²) in [6, 6.07) is 6.71. The summed E-state index contributed by atoms with van der Waals surface area (Å²) in [5.41, 5.74) is 2.04. The first-order valence-electron chi connectivity index (χ1n) is 8.23. The molecular formula is C19H19N3O3S. The van der Waals surface area contributed by atoms with E-state index in [2.05, 4.69) is 10.3 Å². The number of rotatable bonds is 5. The highest BCUT2D eigenvalue weighted by Gasteiger charge is 2.13. The molecule has 0 aliphatic heterocycles. The third-order valence-corrected chi connectivity index (χ3v) is 5.43. The van der Waals surface area contributed by atoms with E-state index in [0.717, 1.165) is 15.3 Å². The van der Waals surface area contributed by atoms with Gasteiger partial charge in [0.2, 0.25) is 5.91 Å². The van der Waals surface area contributed by atoms with Crippen LogP contribution in [-0.2, 0) is 11.3 Å². The van der Waals surface area contributed by atoms with Crippen LogP contribution >= 0.6 is 11.3 Å². The number of fused-ring (bicyclic) bond motifs is 1. The van der Waals surface area contributed by atoms with Crippen molar-refractivity contribution < 1.29 is 9.59 Å². The molecule has 0 bridgehead atoms. The molecule has 0 aliphatic carbocycles. The van der Waals surface area contributed by atoms with Crippen LogP contribution in [0.3, 0.4) is 0 Å². The van der Waals surface area contributed by atoms with Crippen LogP contribution in [0, 0.1) is 13.8 Å². The SMILES string of the molecule is CC(=O)c1ccc(NC(=O)CCn2cnc3sc(C)c(C)c3c2=O)cc1. The maximum Gasteiger partial charge on any atom is 0.262 e. The first-order valence-corrected chi connectivity index (χ1v) is 9.04. The third-order valence-electron chi connectivity index (χ3n) is 4.31. The molecule has 1 amide bonds. The van der Waals surface area contributed by atoms with Gasteiger partial charge in [-0.15, -0.1) is 11.3 Å². The van der Waals surface area contributed by atoms with Crippen LogP contribution in [0.25, 0.3) is 10.2 Å². The van der Waals surface area contributed by atoms with Crippen LogP contribution in [-0.4, -0.2) is 21.2 Å². The Balaban J connectivity index is 1.69. The van der Waals surface area contributed by atoms with Crippen molar-refractivity contribution in [1.82, 2.24) is 9.55 Å². The lowest BCUT2D eigenvalue weighted by atomic mass is 10.1. The van der Waals surface area contributed by atoms with E-state index < -0.39 is 0 Å². The van der Waals surface area contributed by atoms with Crippen LogP contribution in [0.15, 0.2) is 35.4 Å². The number of anilines is 1. The first-order chi connectivity index (χ1) is 12.4. The van der Waals surface area contributed by atoms with E-state index in [1.807, 2.05) is 13.8 Å². The predicted molar refractivity (Wildman–Crippen MR) is 103 cm³/mol. The number of carbonyl (C=O) groups excluding carboxylic acids is 2. The molecule has 7 heteroatoms. The molecule has 0 saturated carbocycles. The smallest absolute Gasteiger partial charge is 0.262 e. The second-order valence-corrected chi connectivity index (χ2v) is 7.34. The molecule has 3 rings (SSSR count). The molecule has 0 radical (unpaired) electrons. The summed E-state index contributed by atoms with van der Waals surface area (Å²) >= 11 is 1.50. The zero-order chi connectivity index (χ0) is 18.8. The Morgan fingerprint density at radius 3 is 2.54 bits per heavy atom. The predicted octanol–water partition coefficient (Wildman–Crippen LogP) is 3.31. The van der Waals surface area contributed by atoms with E-state index in [9.17, 15) is 14.4 Å². The van der Waals surface area contributed by atoms with Crippen LogP contribution in [0.4, 0.5) is 5.69 Å². The molecule has 6 nitrogen and oxygen atoms in total. The molecule has 2 heterocycles. The van der Waals surface area contributed by atoms with E-state index in [0.29, 0.717) is 16.6 Å². The Labute approximate surface area is 154 Å². The fraction of sp³-hybridized carbons (Fsp3) is 0.263. The molecule has 1 N–H and O–H groups in total. The number of benzene rings is 1. The summed E-state index contributed by atoms with van der Waals surface area (Å²) in [5.74, 6) is -0.227. The molecule has 3 aromatic rings. The van der Waals surface area contributed by atoms with Gasteiger partial charge in [0.25, 0.3) is 5.56 Å². The second kappa shape index (κ2) is 7.21. The standard InChI is InChI=1S/C19H19N3O3S/c1-11-13(3)26-18-17(11)19(25)22(10-20-18)9-8-16(24)21-15-6-4-14(5-7-15)12(2)23/h4-7,10H,8-9H2,1-3H3,(H,21,24). The maximum atomic E-state index is 12.6. The number of Topliss-reactive ketones (excluding diaryl/α,β-unsaturated/α-hetero) is 1. The average Bonchev–Trinajstić information content (AvgIpc) is 2.90. The quantitative estimate of drug-likeness (QED) is 0.700. The molecule has 0 aliphatic rings. The second-order valence-electron chi connectivity index (χ2n) is 6.14. The molecule has 1 aromatic carbocycles. The molecule has 0 unspecified atom stereocenters. The van der Waals surface area contributed by atoms with E-state index in [-0.39, 0.29) is 30.2 Å². The molecule has 0 fully saturated rings. The Morgan fingerprint density at radius 1 is 1.19 bits per heavy atom. The van der Waals surface area contributed by atoms with Gasteiger partial charge >= 0.3 is 0 Å². The van der Waals surface area contributed by atoms with Gasteiger partial charge in [-0.2, -0.15) is 0 Å². The molecule has 26 heavy (non-hydrogen) atoms. The highest BCUT2D eigenvalue weighted by molar-refractivity contribution is 7.18. The summed E-state index contributed by atoms with van der Waals surface area (Å²) in [6.45, 7) is 5.63. The van der Waals surface area contributed by atoms with Gasteiger partial charge < -0.3 is 5.32 Å². The minimum atomic E-state index is -0.203. The first kappa shape index (κ1) is 18.0. The van der Waals surface area contributed by atoms with E-state index in [1.54, 1.807) is 24.3 Å². The number of aryl methyl sites for hydroxylation is 3. The summed E-state index contributed by atoms with van der Waals surface area (Å²) in [7, 11) is 0. The molecule has 0 atom stereocenters. The van der Waals surface area contributed by atoms with Crippen LogP contribution < -0.4 is 10.9 Å². The fourth-order valence-electron chi connectivity index (χ4n) is 2.66. The van der Waals surface area contributed by atoms with Gasteiger partial charge in [-0.1, -0.05) is 0 Å². The molecular weight excluding hydrogens is 350 g/mol. The topological polar surface area (TPSA) is 81.1 Å². The number of thiophene rings is 1. The van der Waals surface area contributed by atoms with E-state index >= 15 is 0 Å². The van der Waals surface area contributed by atoms with Crippen molar-refractivity contribution >= 4 is 38.9 Å². The van der Waals surface area contributed by atoms with Crippen LogP contribution in [0.1, 0.15) is 34.1 Å². The van der Waals surface area contributed by atoms with Gasteiger partial charge in [0.1, 0.15) is 4.83 Å². The number of nitrogens with zero attached hydrogens (tertiary/aromatic N) is 2. The van der Waals surface area contributed by atoms with Crippen LogP contribution in [0.5, 0.6) is 0 Å². The summed E-state index contributed by atoms with van der Waals surface area (Å²) in [6.07, 6.45) is 1.65. The van der Waals surface area contributed by atoms with Gasteiger partial charge in [-0.3, -0.25) is 19.0 Å². The van der Waals surface area contributed by atoms with Crippen LogP contribution in [0.2, 0.25) is 0 Å². The highest BCUT2D eigenvalue weighted by atomic mass is 32.1. The molecule has 2 aromatic heterocycles. The average molecular weight is 369 g/mol. The van der Waals surface area contributed by atoms with Crippen molar-refractivity contribution in [3.05, 3.63) is 57.0 Å². The molecule has 0 spiro atoms. The van der Waals surface area contributed by atoms with E-state index in [1.165, 1.54) is 29.2 Å². The Kier molecular flexibility index (Phi) is 4.99. The maximum absolute atomic E-state index is 12.6. The minimum Gasteiger partial charge on any atom is -0.326 e. The zero-order valence-electron chi connectivity index (χ0n) is 14.8. The Morgan fingerprint density at radius 2 is 1.88 bits per heavy atom. The monoisotopic (exact) mass is 369 g/mol. The molecule has 0 saturated heterocycles. The van der Waals surface area contributed by atoms with Crippen molar-refractivity contribution in [2.75, 3.05) is 5.32 Å². The minimum absolute atomic E-state index is 0.0240. The van der Waals surface area contributed by atoms with Crippen molar-refractivity contribution in [3.8, 4) is 0 Å². The number of amides is 1. The summed E-state index contributed by atoms with van der Waals surface area (Å²) < 4.78 is 1.47. The number of nitrogens with one attached hydrogen (secondary N) is 1. The van der Waals surface area contributed by atoms with Crippen molar-refractivity contribution in [1.29, 1.82) is 0 Å². The third kappa shape index (κ3) is 3.57. The normalized spacial score (nSPS) is 10.9. The van der Waals surface area contributed by atoms with Crippen molar-refractivity contribution in [3.63, 3.8) is 0 Å². The zero-order valence-corrected chi connectivity index (χ0v) is 15.6.